The Hall–Kier alpha value is -1.94. The first kappa shape index (κ1) is 12.1. The van der Waals surface area contributed by atoms with Gasteiger partial charge >= 0.3 is 0 Å². The molecule has 2 aromatic heterocycles. The lowest BCUT2D eigenvalue weighted by molar-refractivity contribution is 0.397. The molecule has 0 saturated heterocycles. The van der Waals surface area contributed by atoms with Gasteiger partial charge in [-0.2, -0.15) is 0 Å². The van der Waals surface area contributed by atoms with Gasteiger partial charge in [0.15, 0.2) is 0 Å². The summed E-state index contributed by atoms with van der Waals surface area (Å²) in [4.78, 5) is 8.82. The normalized spacial score (nSPS) is 10.9. The SMILES string of the molecule is COc1cc(C)c(-c2ccc3sc(C)nc3c2)cn1. The fourth-order valence-electron chi connectivity index (χ4n) is 2.15. The topological polar surface area (TPSA) is 35.0 Å². The minimum atomic E-state index is 0.645. The van der Waals surface area contributed by atoms with Gasteiger partial charge in [0.2, 0.25) is 5.88 Å². The summed E-state index contributed by atoms with van der Waals surface area (Å²) in [5, 5.41) is 1.09. The van der Waals surface area contributed by atoms with E-state index in [4.69, 9.17) is 4.74 Å². The highest BCUT2D eigenvalue weighted by atomic mass is 32.1. The zero-order valence-electron chi connectivity index (χ0n) is 11.1. The van der Waals surface area contributed by atoms with Crippen LogP contribution in [0.3, 0.4) is 0 Å². The van der Waals surface area contributed by atoms with Crippen LogP contribution < -0.4 is 4.74 Å². The Kier molecular flexibility index (Phi) is 2.95. The van der Waals surface area contributed by atoms with Crippen LogP contribution in [0.2, 0.25) is 0 Å². The van der Waals surface area contributed by atoms with Crippen LogP contribution in [0.25, 0.3) is 21.3 Å². The van der Waals surface area contributed by atoms with Gasteiger partial charge < -0.3 is 4.74 Å². The molecule has 0 radical (unpaired) electrons. The van der Waals surface area contributed by atoms with Crippen LogP contribution in [0.5, 0.6) is 5.88 Å². The van der Waals surface area contributed by atoms with Crippen molar-refractivity contribution in [2.24, 2.45) is 0 Å². The standard InChI is InChI=1S/C15H14N2OS/c1-9-6-15(18-3)16-8-12(9)11-4-5-14-13(7-11)17-10(2)19-14/h4-8H,1-3H3. The maximum atomic E-state index is 5.14. The number of thiazole rings is 1. The number of hydrogen-bond acceptors (Lipinski definition) is 4. The molecule has 0 aliphatic carbocycles. The summed E-state index contributed by atoms with van der Waals surface area (Å²) in [6.07, 6.45) is 1.86. The molecule has 1 aromatic carbocycles. The van der Waals surface area contributed by atoms with Crippen molar-refractivity contribution < 1.29 is 4.74 Å². The highest BCUT2D eigenvalue weighted by Crippen LogP contribution is 2.29. The van der Waals surface area contributed by atoms with Crippen molar-refractivity contribution in [1.82, 2.24) is 9.97 Å². The van der Waals surface area contributed by atoms with Gasteiger partial charge in [0.05, 0.1) is 22.3 Å². The molecular formula is C15H14N2OS. The van der Waals surface area contributed by atoms with E-state index in [0.717, 1.165) is 27.2 Å². The molecule has 3 rings (SSSR count). The van der Waals surface area contributed by atoms with Gasteiger partial charge in [0.1, 0.15) is 0 Å². The maximum Gasteiger partial charge on any atom is 0.213 e. The molecule has 0 aliphatic rings. The average Bonchev–Trinajstić information content (AvgIpc) is 2.77. The molecule has 0 unspecified atom stereocenters. The van der Waals surface area contributed by atoms with Crippen molar-refractivity contribution in [3.05, 3.63) is 41.0 Å². The zero-order valence-corrected chi connectivity index (χ0v) is 11.9. The summed E-state index contributed by atoms with van der Waals surface area (Å²) < 4.78 is 6.36. The number of pyridine rings is 1. The average molecular weight is 270 g/mol. The number of ether oxygens (including phenoxy) is 1. The Morgan fingerprint density at radius 3 is 2.74 bits per heavy atom. The number of aryl methyl sites for hydroxylation is 2. The van der Waals surface area contributed by atoms with Crippen molar-refractivity contribution in [2.45, 2.75) is 13.8 Å². The highest BCUT2D eigenvalue weighted by Gasteiger charge is 2.07. The molecule has 96 valence electrons. The molecular weight excluding hydrogens is 256 g/mol. The molecule has 0 bridgehead atoms. The molecule has 4 heteroatoms. The van der Waals surface area contributed by atoms with E-state index in [1.54, 1.807) is 18.4 Å². The van der Waals surface area contributed by atoms with E-state index in [2.05, 4.69) is 35.1 Å². The number of hydrogen-bond donors (Lipinski definition) is 0. The van der Waals surface area contributed by atoms with Crippen molar-refractivity contribution >= 4 is 21.6 Å². The molecule has 0 N–H and O–H groups in total. The van der Waals surface area contributed by atoms with Gasteiger partial charge in [-0.05, 0) is 37.1 Å². The van der Waals surface area contributed by atoms with E-state index in [0.29, 0.717) is 5.88 Å². The fraction of sp³-hybridized carbons (Fsp3) is 0.200. The molecule has 0 aliphatic heterocycles. The summed E-state index contributed by atoms with van der Waals surface area (Å²) in [6, 6.07) is 8.32. The van der Waals surface area contributed by atoms with Gasteiger partial charge in [-0.15, -0.1) is 11.3 Å². The molecule has 2 heterocycles. The molecule has 3 aromatic rings. The van der Waals surface area contributed by atoms with Crippen molar-refractivity contribution in [2.75, 3.05) is 7.11 Å². The van der Waals surface area contributed by atoms with E-state index in [1.807, 2.05) is 19.2 Å². The van der Waals surface area contributed by atoms with Crippen LogP contribution in [0.15, 0.2) is 30.5 Å². The van der Waals surface area contributed by atoms with Crippen LogP contribution in [0.4, 0.5) is 0 Å². The summed E-state index contributed by atoms with van der Waals surface area (Å²) >= 11 is 1.72. The van der Waals surface area contributed by atoms with Crippen molar-refractivity contribution in [1.29, 1.82) is 0 Å². The second-order valence-corrected chi connectivity index (χ2v) is 5.69. The monoisotopic (exact) mass is 270 g/mol. The van der Waals surface area contributed by atoms with Crippen LogP contribution in [-0.4, -0.2) is 17.1 Å². The lowest BCUT2D eigenvalue weighted by Crippen LogP contribution is -1.91. The third-order valence-electron chi connectivity index (χ3n) is 3.10. The Bertz CT molecular complexity index is 749. The van der Waals surface area contributed by atoms with Crippen molar-refractivity contribution in [3.8, 4) is 17.0 Å². The maximum absolute atomic E-state index is 5.14. The lowest BCUT2D eigenvalue weighted by Gasteiger charge is -2.07. The quantitative estimate of drug-likeness (QED) is 0.706. The molecule has 0 spiro atoms. The first-order valence-corrected chi connectivity index (χ1v) is 6.87. The number of fused-ring (bicyclic) bond motifs is 1. The lowest BCUT2D eigenvalue weighted by atomic mass is 10.0. The minimum Gasteiger partial charge on any atom is -0.481 e. The molecule has 3 nitrogen and oxygen atoms in total. The molecule has 0 saturated carbocycles. The predicted molar refractivity (Wildman–Crippen MR) is 78.9 cm³/mol. The number of rotatable bonds is 2. The largest absolute Gasteiger partial charge is 0.481 e. The summed E-state index contributed by atoms with van der Waals surface area (Å²) in [5.41, 5.74) is 4.46. The van der Waals surface area contributed by atoms with E-state index in [-0.39, 0.29) is 0 Å². The predicted octanol–water partition coefficient (Wildman–Crippen LogP) is 3.98. The second-order valence-electron chi connectivity index (χ2n) is 4.46. The molecule has 0 atom stereocenters. The fourth-order valence-corrected chi connectivity index (χ4v) is 2.96. The van der Waals surface area contributed by atoms with Crippen LogP contribution in [0.1, 0.15) is 10.6 Å². The van der Waals surface area contributed by atoms with Gasteiger partial charge in [-0.25, -0.2) is 9.97 Å². The minimum absolute atomic E-state index is 0.645. The van der Waals surface area contributed by atoms with Gasteiger partial charge in [0, 0.05) is 17.8 Å². The van der Waals surface area contributed by atoms with Crippen LogP contribution in [0, 0.1) is 13.8 Å². The Morgan fingerprint density at radius 1 is 1.16 bits per heavy atom. The summed E-state index contributed by atoms with van der Waals surface area (Å²) in [5.74, 6) is 0.645. The number of benzene rings is 1. The third-order valence-corrected chi connectivity index (χ3v) is 4.05. The van der Waals surface area contributed by atoms with E-state index < -0.39 is 0 Å². The smallest absolute Gasteiger partial charge is 0.213 e. The highest BCUT2D eigenvalue weighted by molar-refractivity contribution is 7.18. The van der Waals surface area contributed by atoms with Crippen LogP contribution >= 0.6 is 11.3 Å². The van der Waals surface area contributed by atoms with E-state index in [1.165, 1.54) is 4.70 Å². The third kappa shape index (κ3) is 2.19. The number of nitrogens with zero attached hydrogens (tertiary/aromatic N) is 2. The van der Waals surface area contributed by atoms with E-state index >= 15 is 0 Å². The Morgan fingerprint density at radius 2 is 2.00 bits per heavy atom. The summed E-state index contributed by atoms with van der Waals surface area (Å²) in [6.45, 7) is 4.10. The molecule has 0 amide bonds. The number of methoxy groups -OCH3 is 1. The van der Waals surface area contributed by atoms with Gasteiger partial charge in [-0.3, -0.25) is 0 Å². The van der Waals surface area contributed by atoms with Crippen LogP contribution in [-0.2, 0) is 0 Å². The molecule has 19 heavy (non-hydrogen) atoms. The number of aromatic nitrogens is 2. The first-order valence-electron chi connectivity index (χ1n) is 6.05. The van der Waals surface area contributed by atoms with E-state index in [9.17, 15) is 0 Å². The molecule has 0 fully saturated rings. The van der Waals surface area contributed by atoms with Gasteiger partial charge in [-0.1, -0.05) is 6.07 Å². The zero-order chi connectivity index (χ0) is 13.4. The second kappa shape index (κ2) is 4.63. The Labute approximate surface area is 115 Å². The summed E-state index contributed by atoms with van der Waals surface area (Å²) in [7, 11) is 1.63. The van der Waals surface area contributed by atoms with Gasteiger partial charge in [0.25, 0.3) is 0 Å². The Balaban J connectivity index is 2.12. The van der Waals surface area contributed by atoms with Crippen molar-refractivity contribution in [3.63, 3.8) is 0 Å². The first-order chi connectivity index (χ1) is 9.17.